The fourth-order valence-corrected chi connectivity index (χ4v) is 2.50. The Bertz CT molecular complexity index is 453. The summed E-state index contributed by atoms with van der Waals surface area (Å²) in [6, 6.07) is 3.82. The van der Waals surface area contributed by atoms with E-state index in [0.29, 0.717) is 19.4 Å². The minimum absolute atomic E-state index is 0.0244. The molecule has 2 unspecified atom stereocenters. The molecule has 0 radical (unpaired) electrons. The fourth-order valence-electron chi connectivity index (χ4n) is 2.50. The zero-order valence-electron chi connectivity index (χ0n) is 12.7. The number of carbonyl (C=O) groups is 1. The van der Waals surface area contributed by atoms with Gasteiger partial charge in [0, 0.05) is 19.5 Å². The van der Waals surface area contributed by atoms with Crippen molar-refractivity contribution in [1.29, 1.82) is 0 Å². The molecule has 3 N–H and O–H groups in total. The number of ether oxygens (including phenoxy) is 1. The van der Waals surface area contributed by atoms with Crippen LogP contribution in [0.2, 0.25) is 0 Å². The number of nitrogens with one attached hydrogen (secondary N) is 1. The van der Waals surface area contributed by atoms with E-state index in [1.54, 1.807) is 6.20 Å². The third-order valence-corrected chi connectivity index (χ3v) is 3.38. The summed E-state index contributed by atoms with van der Waals surface area (Å²) in [5, 5.41) is 2.82. The molecule has 6 heteroatoms. The lowest BCUT2D eigenvalue weighted by Gasteiger charge is -2.36. The van der Waals surface area contributed by atoms with E-state index in [1.807, 2.05) is 12.1 Å². The summed E-state index contributed by atoms with van der Waals surface area (Å²) in [4.78, 5) is 18.3. The summed E-state index contributed by atoms with van der Waals surface area (Å²) >= 11 is 0. The monoisotopic (exact) mass is 292 g/mol. The van der Waals surface area contributed by atoms with Crippen molar-refractivity contribution in [1.82, 2.24) is 4.98 Å². The van der Waals surface area contributed by atoms with Crippen LogP contribution in [0.1, 0.15) is 26.7 Å². The van der Waals surface area contributed by atoms with E-state index in [0.717, 1.165) is 24.6 Å². The largest absolute Gasteiger partial charge is 0.372 e. The SMILES string of the molecule is CC1CN(c2ccc(NC(=O)CCCN)cn2)CC(C)O1. The molecule has 1 saturated heterocycles. The van der Waals surface area contributed by atoms with Crippen molar-refractivity contribution in [3.63, 3.8) is 0 Å². The number of nitrogens with two attached hydrogens (primary N) is 1. The lowest BCUT2D eigenvalue weighted by molar-refractivity contribution is -0.116. The van der Waals surface area contributed by atoms with Crippen molar-refractivity contribution in [3.05, 3.63) is 18.3 Å². The van der Waals surface area contributed by atoms with E-state index >= 15 is 0 Å². The smallest absolute Gasteiger partial charge is 0.224 e. The van der Waals surface area contributed by atoms with Crippen LogP contribution < -0.4 is 16.0 Å². The topological polar surface area (TPSA) is 80.5 Å². The van der Waals surface area contributed by atoms with Gasteiger partial charge in [-0.1, -0.05) is 0 Å². The first-order valence-corrected chi connectivity index (χ1v) is 7.45. The predicted octanol–water partition coefficient (Wildman–Crippen LogP) is 1.37. The summed E-state index contributed by atoms with van der Waals surface area (Å²) in [6.07, 6.45) is 3.23. The Kier molecular flexibility index (Phi) is 5.52. The highest BCUT2D eigenvalue weighted by molar-refractivity contribution is 5.90. The number of nitrogens with zero attached hydrogens (tertiary/aromatic N) is 2. The minimum Gasteiger partial charge on any atom is -0.372 e. The Morgan fingerprint density at radius 1 is 1.43 bits per heavy atom. The lowest BCUT2D eigenvalue weighted by Crippen LogP contribution is -2.45. The second kappa shape index (κ2) is 7.38. The molecule has 116 valence electrons. The first kappa shape index (κ1) is 15.7. The number of rotatable bonds is 5. The average Bonchev–Trinajstić information content (AvgIpc) is 2.45. The zero-order chi connectivity index (χ0) is 15.2. The molecule has 0 aromatic carbocycles. The second-order valence-electron chi connectivity index (χ2n) is 5.51. The van der Waals surface area contributed by atoms with Gasteiger partial charge in [-0.2, -0.15) is 0 Å². The van der Waals surface area contributed by atoms with Gasteiger partial charge in [0.1, 0.15) is 5.82 Å². The van der Waals surface area contributed by atoms with Crippen molar-refractivity contribution in [2.75, 3.05) is 29.9 Å². The van der Waals surface area contributed by atoms with Gasteiger partial charge < -0.3 is 20.7 Å². The summed E-state index contributed by atoms with van der Waals surface area (Å²) in [5.74, 6) is 0.889. The van der Waals surface area contributed by atoms with Crippen LogP contribution in [-0.4, -0.2) is 42.7 Å². The van der Waals surface area contributed by atoms with Gasteiger partial charge in [0.25, 0.3) is 0 Å². The number of hydrogen-bond donors (Lipinski definition) is 2. The molecule has 0 aliphatic carbocycles. The van der Waals surface area contributed by atoms with Gasteiger partial charge in [-0.3, -0.25) is 4.79 Å². The molecule has 1 aliphatic rings. The molecule has 21 heavy (non-hydrogen) atoms. The number of hydrogen-bond acceptors (Lipinski definition) is 5. The van der Waals surface area contributed by atoms with Crippen molar-refractivity contribution < 1.29 is 9.53 Å². The van der Waals surface area contributed by atoms with Crippen LogP contribution in [0.15, 0.2) is 18.3 Å². The number of pyridine rings is 1. The van der Waals surface area contributed by atoms with E-state index in [9.17, 15) is 4.79 Å². The third-order valence-electron chi connectivity index (χ3n) is 3.38. The highest BCUT2D eigenvalue weighted by Gasteiger charge is 2.22. The predicted molar refractivity (Wildman–Crippen MR) is 83.4 cm³/mol. The third kappa shape index (κ3) is 4.68. The molecule has 0 saturated carbocycles. The quantitative estimate of drug-likeness (QED) is 0.857. The summed E-state index contributed by atoms with van der Waals surface area (Å²) in [7, 11) is 0. The minimum atomic E-state index is -0.0244. The molecule has 1 aromatic rings. The molecule has 1 fully saturated rings. The maximum atomic E-state index is 11.6. The van der Waals surface area contributed by atoms with Crippen LogP contribution in [0.3, 0.4) is 0 Å². The molecular weight excluding hydrogens is 268 g/mol. The van der Waals surface area contributed by atoms with E-state index < -0.39 is 0 Å². The molecule has 0 spiro atoms. The van der Waals surface area contributed by atoms with Gasteiger partial charge in [0.2, 0.25) is 5.91 Å². The molecule has 2 atom stereocenters. The van der Waals surface area contributed by atoms with Crippen molar-refractivity contribution >= 4 is 17.4 Å². The molecule has 2 heterocycles. The molecule has 0 bridgehead atoms. The molecule has 1 aliphatic heterocycles. The second-order valence-corrected chi connectivity index (χ2v) is 5.51. The van der Waals surface area contributed by atoms with E-state index in [4.69, 9.17) is 10.5 Å². The van der Waals surface area contributed by atoms with Gasteiger partial charge in [0.15, 0.2) is 0 Å². The van der Waals surface area contributed by atoms with Gasteiger partial charge in [-0.25, -0.2) is 4.98 Å². The number of amides is 1. The normalized spacial score (nSPS) is 22.1. The van der Waals surface area contributed by atoms with Gasteiger partial charge in [0.05, 0.1) is 24.1 Å². The first-order chi connectivity index (χ1) is 10.1. The van der Waals surface area contributed by atoms with Crippen molar-refractivity contribution in [2.45, 2.75) is 38.9 Å². The average molecular weight is 292 g/mol. The summed E-state index contributed by atoms with van der Waals surface area (Å²) < 4.78 is 5.72. The molecular formula is C15H24N4O2. The number of aromatic nitrogens is 1. The lowest BCUT2D eigenvalue weighted by atomic mass is 10.2. The van der Waals surface area contributed by atoms with Gasteiger partial charge >= 0.3 is 0 Å². The number of anilines is 2. The first-order valence-electron chi connectivity index (χ1n) is 7.45. The van der Waals surface area contributed by atoms with Crippen LogP contribution in [-0.2, 0) is 9.53 Å². The molecule has 6 nitrogen and oxygen atoms in total. The van der Waals surface area contributed by atoms with Crippen molar-refractivity contribution in [2.24, 2.45) is 5.73 Å². The van der Waals surface area contributed by atoms with Crippen LogP contribution in [0, 0.1) is 0 Å². The summed E-state index contributed by atoms with van der Waals surface area (Å²) in [6.45, 7) is 6.32. The van der Waals surface area contributed by atoms with Gasteiger partial charge in [-0.05, 0) is 38.9 Å². The van der Waals surface area contributed by atoms with Crippen LogP contribution in [0.5, 0.6) is 0 Å². The van der Waals surface area contributed by atoms with Crippen LogP contribution >= 0.6 is 0 Å². The Morgan fingerprint density at radius 2 is 2.14 bits per heavy atom. The van der Waals surface area contributed by atoms with Crippen LogP contribution in [0.4, 0.5) is 11.5 Å². The van der Waals surface area contributed by atoms with Crippen molar-refractivity contribution in [3.8, 4) is 0 Å². The molecule has 2 rings (SSSR count). The highest BCUT2D eigenvalue weighted by atomic mass is 16.5. The standard InChI is InChI=1S/C15H24N4O2/c1-11-9-19(10-12(2)21-11)14-6-5-13(8-17-14)18-15(20)4-3-7-16/h5-6,8,11-12H,3-4,7,9-10,16H2,1-2H3,(H,18,20). The molecule has 1 amide bonds. The number of carbonyl (C=O) groups excluding carboxylic acids is 1. The zero-order valence-corrected chi connectivity index (χ0v) is 12.7. The highest BCUT2D eigenvalue weighted by Crippen LogP contribution is 2.19. The Hall–Kier alpha value is -1.66. The maximum absolute atomic E-state index is 11.6. The Balaban J connectivity index is 1.94. The maximum Gasteiger partial charge on any atom is 0.224 e. The Labute approximate surface area is 125 Å². The van der Waals surface area contributed by atoms with Gasteiger partial charge in [-0.15, -0.1) is 0 Å². The summed E-state index contributed by atoms with van der Waals surface area (Å²) in [5.41, 5.74) is 6.10. The molecule has 1 aromatic heterocycles. The van der Waals surface area contributed by atoms with Crippen LogP contribution in [0.25, 0.3) is 0 Å². The van der Waals surface area contributed by atoms with E-state index in [2.05, 4.69) is 29.0 Å². The fraction of sp³-hybridized carbons (Fsp3) is 0.600. The Morgan fingerprint density at radius 3 is 2.71 bits per heavy atom. The number of morpholine rings is 1. The van der Waals surface area contributed by atoms with E-state index in [-0.39, 0.29) is 18.1 Å². The van der Waals surface area contributed by atoms with E-state index in [1.165, 1.54) is 0 Å².